The van der Waals surface area contributed by atoms with E-state index in [-0.39, 0.29) is 25.0 Å². The fourth-order valence-corrected chi connectivity index (χ4v) is 7.43. The van der Waals surface area contributed by atoms with Gasteiger partial charge in [0.1, 0.15) is 17.9 Å². The SMILES string of the molecule is Cc1cnc(CN2C(=O)C(c3ccc(NC(=O)[C@H]4CCCN4C(=O)OCc4ccccc4)cc3)SC2=Nc2ccc(N3CCOCC3)cc2)cn1. The van der Waals surface area contributed by atoms with Crippen molar-refractivity contribution < 1.29 is 23.9 Å². The number of carbonyl (C=O) groups excluding carboxylic acids is 3. The number of nitrogens with zero attached hydrogens (tertiary/aromatic N) is 6. The largest absolute Gasteiger partial charge is 0.445 e. The van der Waals surface area contributed by atoms with Crippen molar-refractivity contribution in [3.05, 3.63) is 114 Å². The monoisotopic (exact) mass is 705 g/mol. The molecule has 51 heavy (non-hydrogen) atoms. The number of hydrogen-bond donors (Lipinski definition) is 1. The van der Waals surface area contributed by atoms with Gasteiger partial charge >= 0.3 is 6.09 Å². The van der Waals surface area contributed by atoms with Gasteiger partial charge in [0, 0.05) is 37.2 Å². The number of aromatic nitrogens is 2. The summed E-state index contributed by atoms with van der Waals surface area (Å²) in [5.41, 5.74) is 5.54. The summed E-state index contributed by atoms with van der Waals surface area (Å²) in [6, 6.07) is 24.1. The zero-order valence-electron chi connectivity index (χ0n) is 28.3. The lowest BCUT2D eigenvalue weighted by Gasteiger charge is -2.28. The van der Waals surface area contributed by atoms with E-state index in [1.165, 1.54) is 16.7 Å². The topological polar surface area (TPSA) is 130 Å². The number of aryl methyl sites for hydroxylation is 1. The Morgan fingerprint density at radius 1 is 0.961 bits per heavy atom. The summed E-state index contributed by atoms with van der Waals surface area (Å²) >= 11 is 1.38. The third-order valence-corrected chi connectivity index (χ3v) is 10.3. The van der Waals surface area contributed by atoms with Gasteiger partial charge in [-0.3, -0.25) is 29.4 Å². The van der Waals surface area contributed by atoms with Gasteiger partial charge in [0.2, 0.25) is 11.8 Å². The maximum Gasteiger partial charge on any atom is 0.410 e. The molecule has 3 saturated heterocycles. The molecule has 0 aliphatic carbocycles. The van der Waals surface area contributed by atoms with Crippen LogP contribution < -0.4 is 10.2 Å². The standard InChI is InChI=1S/C38H39N7O5S/c1-26-22-40-31(23-39-26)24-45-36(47)34(51-37(45)42-30-13-15-32(16-14-30)43-18-20-49-21-19-43)28-9-11-29(12-10-28)41-35(46)33-8-5-17-44(33)38(48)50-25-27-6-3-2-4-7-27/h2-4,6-7,9-16,22-23,33-34H,5,8,17-21,24-25H2,1H3,(H,41,46)/t33-,34?/m1/s1. The number of rotatable bonds is 9. The first-order chi connectivity index (χ1) is 24.9. The van der Waals surface area contributed by atoms with E-state index in [9.17, 15) is 14.4 Å². The van der Waals surface area contributed by atoms with Crippen molar-refractivity contribution in [2.24, 2.45) is 4.99 Å². The first-order valence-corrected chi connectivity index (χ1v) is 17.9. The van der Waals surface area contributed by atoms with Gasteiger partial charge < -0.3 is 19.7 Å². The van der Waals surface area contributed by atoms with Crippen LogP contribution in [0.4, 0.5) is 21.9 Å². The van der Waals surface area contributed by atoms with Crippen molar-refractivity contribution in [3.8, 4) is 0 Å². The lowest BCUT2D eigenvalue weighted by molar-refractivity contribution is -0.126. The summed E-state index contributed by atoms with van der Waals surface area (Å²) in [6.45, 7) is 5.81. The number of anilines is 2. The van der Waals surface area contributed by atoms with Gasteiger partial charge in [-0.15, -0.1) is 0 Å². The minimum absolute atomic E-state index is 0.113. The zero-order chi connectivity index (χ0) is 35.2. The number of thioether (sulfide) groups is 1. The number of morpholine rings is 1. The molecule has 2 atom stereocenters. The van der Waals surface area contributed by atoms with Crippen molar-refractivity contribution in [1.82, 2.24) is 19.8 Å². The number of aliphatic imine (C=N–C) groups is 1. The molecule has 0 spiro atoms. The zero-order valence-corrected chi connectivity index (χ0v) is 29.1. The highest BCUT2D eigenvalue weighted by Gasteiger charge is 2.40. The second-order valence-electron chi connectivity index (χ2n) is 12.6. The molecule has 3 aromatic carbocycles. The molecule has 3 fully saturated rings. The number of amidine groups is 1. The van der Waals surface area contributed by atoms with E-state index >= 15 is 0 Å². The van der Waals surface area contributed by atoms with Crippen molar-refractivity contribution in [1.29, 1.82) is 0 Å². The third-order valence-electron chi connectivity index (χ3n) is 9.03. The van der Waals surface area contributed by atoms with Crippen LogP contribution in [0.3, 0.4) is 0 Å². The first-order valence-electron chi connectivity index (χ1n) is 17.1. The van der Waals surface area contributed by atoms with Gasteiger partial charge in [-0.2, -0.15) is 0 Å². The van der Waals surface area contributed by atoms with Gasteiger partial charge in [-0.25, -0.2) is 9.79 Å². The number of carbonyl (C=O) groups is 3. The summed E-state index contributed by atoms with van der Waals surface area (Å²) in [4.78, 5) is 59.3. The van der Waals surface area contributed by atoms with Crippen LogP contribution in [0, 0.1) is 6.92 Å². The second kappa shape index (κ2) is 15.7. The Kier molecular flexibility index (Phi) is 10.5. The number of hydrogen-bond acceptors (Lipinski definition) is 10. The van der Waals surface area contributed by atoms with Crippen LogP contribution in [0.5, 0.6) is 0 Å². The number of ether oxygens (including phenoxy) is 2. The third kappa shape index (κ3) is 8.21. The average molecular weight is 706 g/mol. The molecule has 1 aromatic heterocycles. The maximum atomic E-state index is 14.0. The van der Waals surface area contributed by atoms with Crippen LogP contribution in [0.2, 0.25) is 0 Å². The smallest absolute Gasteiger partial charge is 0.410 e. The predicted octanol–water partition coefficient (Wildman–Crippen LogP) is 5.87. The number of amides is 3. The number of likely N-dealkylation sites (tertiary alicyclic amines) is 1. The molecule has 3 aliphatic heterocycles. The normalized spacial score (nSPS) is 19.8. The molecule has 3 aliphatic rings. The molecule has 1 unspecified atom stereocenters. The van der Waals surface area contributed by atoms with Gasteiger partial charge in [-0.1, -0.05) is 54.2 Å². The molecule has 7 rings (SSSR count). The molecule has 0 saturated carbocycles. The maximum absolute atomic E-state index is 14.0. The first kappa shape index (κ1) is 34.2. The molecule has 0 bridgehead atoms. The van der Waals surface area contributed by atoms with Crippen molar-refractivity contribution in [3.63, 3.8) is 0 Å². The molecular weight excluding hydrogens is 667 g/mol. The summed E-state index contributed by atoms with van der Waals surface area (Å²) in [6.07, 6.45) is 4.13. The predicted molar refractivity (Wildman–Crippen MR) is 196 cm³/mol. The Balaban J connectivity index is 1.03. The molecule has 262 valence electrons. The Bertz CT molecular complexity index is 1870. The van der Waals surface area contributed by atoms with Crippen LogP contribution in [0.1, 0.15) is 40.6 Å². The molecule has 4 heterocycles. The molecule has 4 aromatic rings. The fraction of sp³-hybridized carbons (Fsp3) is 0.316. The second-order valence-corrected chi connectivity index (χ2v) is 13.7. The minimum atomic E-state index is -0.625. The lowest BCUT2D eigenvalue weighted by Crippen LogP contribution is -2.43. The van der Waals surface area contributed by atoms with E-state index in [1.54, 1.807) is 29.4 Å². The highest BCUT2D eigenvalue weighted by atomic mass is 32.2. The Hall–Kier alpha value is -5.27. The highest BCUT2D eigenvalue weighted by Crippen LogP contribution is 2.41. The summed E-state index contributed by atoms with van der Waals surface area (Å²) < 4.78 is 11.0. The Morgan fingerprint density at radius 2 is 1.73 bits per heavy atom. The Morgan fingerprint density at radius 3 is 2.45 bits per heavy atom. The summed E-state index contributed by atoms with van der Waals surface area (Å²) in [5.74, 6) is -0.388. The van der Waals surface area contributed by atoms with Crippen molar-refractivity contribution in [2.75, 3.05) is 43.1 Å². The average Bonchev–Trinajstić information content (AvgIpc) is 3.78. The number of nitrogens with one attached hydrogen (secondary N) is 1. The van der Waals surface area contributed by atoms with Crippen LogP contribution in [0.25, 0.3) is 0 Å². The molecule has 13 heteroatoms. The number of benzene rings is 3. The summed E-state index contributed by atoms with van der Waals surface area (Å²) in [5, 5.41) is 2.98. The van der Waals surface area contributed by atoms with Crippen molar-refractivity contribution in [2.45, 2.75) is 44.2 Å². The van der Waals surface area contributed by atoms with Crippen LogP contribution >= 0.6 is 11.8 Å². The summed E-state index contributed by atoms with van der Waals surface area (Å²) in [7, 11) is 0. The van der Waals surface area contributed by atoms with Crippen LogP contribution in [-0.2, 0) is 32.2 Å². The van der Waals surface area contributed by atoms with Crippen LogP contribution in [-0.4, -0.2) is 81.7 Å². The van der Waals surface area contributed by atoms with Gasteiger partial charge in [0.05, 0.1) is 43.0 Å². The molecule has 3 amide bonds. The van der Waals surface area contributed by atoms with Crippen LogP contribution in [0.15, 0.2) is 96.2 Å². The Labute approximate surface area is 300 Å². The van der Waals surface area contributed by atoms with Gasteiger partial charge in [0.15, 0.2) is 5.17 Å². The van der Waals surface area contributed by atoms with E-state index < -0.39 is 17.4 Å². The minimum Gasteiger partial charge on any atom is -0.445 e. The lowest BCUT2D eigenvalue weighted by atomic mass is 10.1. The molecule has 0 radical (unpaired) electrons. The quantitative estimate of drug-likeness (QED) is 0.228. The molecule has 12 nitrogen and oxygen atoms in total. The van der Waals surface area contributed by atoms with Gasteiger partial charge in [-0.05, 0) is 67.3 Å². The fourth-order valence-electron chi connectivity index (χ4n) is 6.26. The van der Waals surface area contributed by atoms with E-state index in [4.69, 9.17) is 14.5 Å². The van der Waals surface area contributed by atoms with E-state index in [0.717, 1.165) is 41.3 Å². The highest BCUT2D eigenvalue weighted by molar-refractivity contribution is 8.15. The molecular formula is C38H39N7O5S. The van der Waals surface area contributed by atoms with E-state index in [1.807, 2.05) is 73.7 Å². The van der Waals surface area contributed by atoms with E-state index in [2.05, 4.69) is 20.2 Å². The van der Waals surface area contributed by atoms with Crippen molar-refractivity contribution >= 4 is 51.9 Å². The van der Waals surface area contributed by atoms with Gasteiger partial charge in [0.25, 0.3) is 0 Å². The molecule has 1 N–H and O–H groups in total. The van der Waals surface area contributed by atoms with E-state index in [0.29, 0.717) is 49.1 Å².